The first-order valence-corrected chi connectivity index (χ1v) is 42.6. The van der Waals surface area contributed by atoms with E-state index in [2.05, 4.69) is 34.6 Å². The molecule has 0 aromatic rings. The summed E-state index contributed by atoms with van der Waals surface area (Å²) in [5.74, 6) is -1.36. The fraction of sp³-hybridized carbons (Fsp3) is 0.947. The second kappa shape index (κ2) is 69.2. The van der Waals surface area contributed by atoms with Gasteiger partial charge in [0.2, 0.25) is 0 Å². The van der Waals surface area contributed by atoms with Gasteiger partial charge in [0, 0.05) is 25.7 Å². The predicted octanol–water partition coefficient (Wildman–Crippen LogP) is 22.5. The van der Waals surface area contributed by atoms with Crippen molar-refractivity contribution in [3.05, 3.63) is 0 Å². The smallest absolute Gasteiger partial charge is 0.462 e. The van der Waals surface area contributed by atoms with E-state index < -0.39 is 97.5 Å². The van der Waals surface area contributed by atoms with E-state index in [1.165, 1.54) is 225 Å². The van der Waals surface area contributed by atoms with Crippen LogP contribution in [0.1, 0.15) is 401 Å². The molecule has 0 aliphatic rings. The highest BCUT2D eigenvalue weighted by atomic mass is 31.2. The first-order valence-electron chi connectivity index (χ1n) is 39.6. The van der Waals surface area contributed by atoms with Crippen LogP contribution in [0.5, 0.6) is 0 Å². The molecule has 0 aliphatic heterocycles. The maximum absolute atomic E-state index is 13.1. The molecule has 95 heavy (non-hydrogen) atoms. The molecule has 2 unspecified atom stereocenters. The van der Waals surface area contributed by atoms with Crippen molar-refractivity contribution < 1.29 is 80.2 Å². The van der Waals surface area contributed by atoms with E-state index in [9.17, 15) is 43.2 Å². The Labute approximate surface area is 581 Å². The number of phosphoric acid groups is 2. The van der Waals surface area contributed by atoms with E-state index >= 15 is 0 Å². The summed E-state index contributed by atoms with van der Waals surface area (Å²) in [6, 6.07) is 0. The molecule has 0 amide bonds. The second-order valence-corrected chi connectivity index (χ2v) is 30.8. The molecule has 0 saturated heterocycles. The van der Waals surface area contributed by atoms with E-state index in [0.29, 0.717) is 25.7 Å². The van der Waals surface area contributed by atoms with Crippen molar-refractivity contribution in [2.75, 3.05) is 39.6 Å². The maximum atomic E-state index is 13.1. The standard InChI is InChI=1S/C76H148O17P2/c1-6-9-12-15-18-21-23-24-25-26-27-28-29-30-31-32-33-35-42-47-52-57-62-76(81)93-72(66-87-74(79)60-55-50-45-40-37-36-39-43-48-53-58-69(4)5)68-91-95(84,85)89-64-70(77)63-88-94(82,83)90-67-71(65-86-73(78)59-54-49-44-38-20-17-14-11-8-3)92-75(80)61-56-51-46-41-34-22-19-16-13-10-7-2/h69-72,77H,6-68H2,1-5H3,(H,82,83)(H,84,85)/t70-,71+,72+/m0/s1. The number of hydrogen-bond acceptors (Lipinski definition) is 15. The molecule has 0 saturated carbocycles. The summed E-state index contributed by atoms with van der Waals surface area (Å²) in [6.45, 7) is 7.26. The van der Waals surface area contributed by atoms with E-state index in [-0.39, 0.29) is 25.7 Å². The van der Waals surface area contributed by atoms with Crippen molar-refractivity contribution in [3.8, 4) is 0 Å². The predicted molar refractivity (Wildman–Crippen MR) is 386 cm³/mol. The number of phosphoric ester groups is 2. The van der Waals surface area contributed by atoms with Crippen LogP contribution >= 0.6 is 15.6 Å². The van der Waals surface area contributed by atoms with Gasteiger partial charge in [0.25, 0.3) is 0 Å². The molecule has 564 valence electrons. The summed E-state index contributed by atoms with van der Waals surface area (Å²) >= 11 is 0. The molecule has 5 atom stereocenters. The topological polar surface area (TPSA) is 237 Å². The number of aliphatic hydroxyl groups excluding tert-OH is 1. The molecule has 0 aromatic carbocycles. The molecule has 0 rings (SSSR count). The summed E-state index contributed by atoms with van der Waals surface area (Å²) in [7, 11) is -9.90. The SMILES string of the molecule is CCCCCCCCCCCCCCCCCCCCCCCCC(=O)O[C@H](COC(=O)CCCCCCCCCCCCC(C)C)COP(=O)(O)OC[C@@H](O)COP(=O)(O)OC[C@@H](COC(=O)CCCCCCCCCCC)OC(=O)CCCCCCCCCCCCC. The minimum Gasteiger partial charge on any atom is -0.462 e. The zero-order valence-electron chi connectivity index (χ0n) is 61.8. The van der Waals surface area contributed by atoms with Crippen LogP contribution in [0.2, 0.25) is 0 Å². The molecule has 19 heteroatoms. The van der Waals surface area contributed by atoms with Gasteiger partial charge in [-0.1, -0.05) is 349 Å². The highest BCUT2D eigenvalue weighted by molar-refractivity contribution is 7.47. The second-order valence-electron chi connectivity index (χ2n) is 27.9. The van der Waals surface area contributed by atoms with Gasteiger partial charge in [0.1, 0.15) is 19.3 Å². The lowest BCUT2D eigenvalue weighted by Crippen LogP contribution is -2.30. The Balaban J connectivity index is 5.16. The fourth-order valence-electron chi connectivity index (χ4n) is 11.7. The number of ether oxygens (including phenoxy) is 4. The van der Waals surface area contributed by atoms with Gasteiger partial charge in [0.15, 0.2) is 12.2 Å². The zero-order chi connectivity index (χ0) is 69.8. The first-order chi connectivity index (χ1) is 46.0. The average Bonchev–Trinajstić information content (AvgIpc) is 1.96. The van der Waals surface area contributed by atoms with E-state index in [4.69, 9.17) is 37.0 Å². The highest BCUT2D eigenvalue weighted by Crippen LogP contribution is 2.45. The van der Waals surface area contributed by atoms with Crippen LogP contribution in [0.3, 0.4) is 0 Å². The third kappa shape index (κ3) is 70.3. The highest BCUT2D eigenvalue weighted by Gasteiger charge is 2.30. The summed E-state index contributed by atoms with van der Waals surface area (Å²) in [4.78, 5) is 72.7. The fourth-order valence-corrected chi connectivity index (χ4v) is 13.3. The van der Waals surface area contributed by atoms with Crippen molar-refractivity contribution in [1.82, 2.24) is 0 Å². The van der Waals surface area contributed by atoms with E-state index in [1.807, 2.05) is 0 Å². The summed E-state index contributed by atoms with van der Waals surface area (Å²) in [6.07, 6.45) is 58.4. The van der Waals surface area contributed by atoms with E-state index in [1.54, 1.807) is 0 Å². The summed E-state index contributed by atoms with van der Waals surface area (Å²) < 4.78 is 68.4. The van der Waals surface area contributed by atoms with Gasteiger partial charge < -0.3 is 33.8 Å². The minimum absolute atomic E-state index is 0.107. The number of carbonyl (C=O) groups excluding carboxylic acids is 4. The molecule has 0 spiro atoms. The normalized spacial score (nSPS) is 13.9. The third-order valence-electron chi connectivity index (χ3n) is 17.8. The van der Waals surface area contributed by atoms with Crippen molar-refractivity contribution in [3.63, 3.8) is 0 Å². The Hall–Kier alpha value is -1.94. The molecule has 0 bridgehead atoms. The molecular weight excluding hydrogens is 1250 g/mol. The van der Waals surface area contributed by atoms with Crippen molar-refractivity contribution in [2.45, 2.75) is 419 Å². The molecule has 0 fully saturated rings. The molecule has 0 heterocycles. The Morgan fingerprint density at radius 2 is 0.484 bits per heavy atom. The van der Waals surface area contributed by atoms with Crippen molar-refractivity contribution >= 4 is 39.5 Å². The third-order valence-corrected chi connectivity index (χ3v) is 19.7. The minimum atomic E-state index is -4.96. The number of aliphatic hydroxyl groups is 1. The molecular formula is C76H148O17P2. The maximum Gasteiger partial charge on any atom is 0.472 e. The van der Waals surface area contributed by atoms with Crippen LogP contribution < -0.4 is 0 Å². The molecule has 0 radical (unpaired) electrons. The van der Waals surface area contributed by atoms with Crippen LogP contribution in [0, 0.1) is 5.92 Å². The largest absolute Gasteiger partial charge is 0.472 e. The first kappa shape index (κ1) is 93.1. The zero-order valence-corrected chi connectivity index (χ0v) is 63.6. The lowest BCUT2D eigenvalue weighted by Gasteiger charge is -2.21. The van der Waals surface area contributed by atoms with Gasteiger partial charge in [-0.15, -0.1) is 0 Å². The van der Waals surface area contributed by atoms with Crippen LogP contribution in [0.4, 0.5) is 0 Å². The number of unbranched alkanes of at least 4 members (excludes halogenated alkanes) is 48. The van der Waals surface area contributed by atoms with Crippen LogP contribution in [-0.2, 0) is 65.4 Å². The molecule has 3 N–H and O–H groups in total. The van der Waals surface area contributed by atoms with Crippen molar-refractivity contribution in [2.24, 2.45) is 5.92 Å². The van der Waals surface area contributed by atoms with Crippen LogP contribution in [-0.4, -0.2) is 96.7 Å². The number of esters is 4. The molecule has 0 aliphatic carbocycles. The number of rotatable bonds is 76. The average molecular weight is 1400 g/mol. The van der Waals surface area contributed by atoms with Crippen LogP contribution in [0.15, 0.2) is 0 Å². The lowest BCUT2D eigenvalue weighted by atomic mass is 10.0. The Morgan fingerprint density at radius 1 is 0.284 bits per heavy atom. The monoisotopic (exact) mass is 1400 g/mol. The van der Waals surface area contributed by atoms with Gasteiger partial charge in [-0.3, -0.25) is 37.3 Å². The quantitative estimate of drug-likeness (QED) is 0.0222. The number of carbonyl (C=O) groups is 4. The summed E-state index contributed by atoms with van der Waals surface area (Å²) in [5, 5.41) is 10.6. The lowest BCUT2D eigenvalue weighted by molar-refractivity contribution is -0.161. The number of hydrogen-bond donors (Lipinski definition) is 3. The van der Waals surface area contributed by atoms with Gasteiger partial charge in [-0.05, 0) is 31.6 Å². The Kier molecular flexibility index (Phi) is 67.7. The van der Waals surface area contributed by atoms with E-state index in [0.717, 1.165) is 95.8 Å². The van der Waals surface area contributed by atoms with Gasteiger partial charge >= 0.3 is 39.5 Å². The van der Waals surface area contributed by atoms with Crippen LogP contribution in [0.25, 0.3) is 0 Å². The van der Waals surface area contributed by atoms with Gasteiger partial charge in [-0.25, -0.2) is 9.13 Å². The van der Waals surface area contributed by atoms with Gasteiger partial charge in [-0.2, -0.15) is 0 Å². The molecule has 17 nitrogen and oxygen atoms in total. The van der Waals surface area contributed by atoms with Crippen molar-refractivity contribution in [1.29, 1.82) is 0 Å². The summed E-state index contributed by atoms with van der Waals surface area (Å²) in [5.41, 5.74) is 0. The Morgan fingerprint density at radius 3 is 0.716 bits per heavy atom. The Bertz CT molecular complexity index is 1820. The van der Waals surface area contributed by atoms with Gasteiger partial charge in [0.05, 0.1) is 26.4 Å². The molecule has 0 aromatic heterocycles.